The summed E-state index contributed by atoms with van der Waals surface area (Å²) in [7, 11) is 0. The molecule has 0 unspecified atom stereocenters. The number of aromatic hydroxyl groups is 2. The van der Waals surface area contributed by atoms with Gasteiger partial charge in [-0.15, -0.1) is 11.3 Å². The smallest absolute Gasteiger partial charge is 0.185 e. The van der Waals surface area contributed by atoms with E-state index in [1.165, 1.54) is 18.9 Å². The highest BCUT2D eigenvalue weighted by Crippen LogP contribution is 2.34. The first-order chi connectivity index (χ1) is 9.63. The van der Waals surface area contributed by atoms with Gasteiger partial charge in [-0.05, 0) is 37.0 Å². The summed E-state index contributed by atoms with van der Waals surface area (Å²) in [5, 5.41) is 22.0. The van der Waals surface area contributed by atoms with Gasteiger partial charge < -0.3 is 15.1 Å². The molecule has 0 spiro atoms. The van der Waals surface area contributed by atoms with Crippen molar-refractivity contribution in [2.75, 3.05) is 18.0 Å². The molecule has 1 aliphatic rings. The Morgan fingerprint density at radius 1 is 1.30 bits per heavy atom. The van der Waals surface area contributed by atoms with Crippen LogP contribution in [0.25, 0.3) is 11.3 Å². The maximum atomic E-state index is 9.57. The number of aromatic nitrogens is 1. The predicted molar refractivity (Wildman–Crippen MR) is 81.5 cm³/mol. The van der Waals surface area contributed by atoms with Crippen molar-refractivity contribution in [3.63, 3.8) is 0 Å². The van der Waals surface area contributed by atoms with E-state index in [1.807, 2.05) is 5.38 Å². The van der Waals surface area contributed by atoms with Crippen LogP contribution in [0.3, 0.4) is 0 Å². The zero-order valence-corrected chi connectivity index (χ0v) is 12.2. The SMILES string of the molecule is C[C@H]1CCCN(c2nc(-c3ccc(O)c(O)c3)cs2)C1. The van der Waals surface area contributed by atoms with E-state index in [0.29, 0.717) is 5.92 Å². The van der Waals surface area contributed by atoms with Crippen molar-refractivity contribution in [1.29, 1.82) is 0 Å². The van der Waals surface area contributed by atoms with Gasteiger partial charge in [0.2, 0.25) is 0 Å². The van der Waals surface area contributed by atoms with Gasteiger partial charge in [-0.25, -0.2) is 4.98 Å². The molecule has 2 aromatic rings. The highest BCUT2D eigenvalue weighted by Gasteiger charge is 2.19. The molecule has 5 heteroatoms. The molecule has 1 aromatic heterocycles. The normalized spacial score (nSPS) is 19.2. The topological polar surface area (TPSA) is 56.6 Å². The fourth-order valence-electron chi connectivity index (χ4n) is 2.59. The van der Waals surface area contributed by atoms with E-state index in [2.05, 4.69) is 16.8 Å². The molecule has 20 heavy (non-hydrogen) atoms. The average Bonchev–Trinajstić information content (AvgIpc) is 2.92. The van der Waals surface area contributed by atoms with Crippen LogP contribution in [-0.2, 0) is 0 Å². The largest absolute Gasteiger partial charge is 0.504 e. The van der Waals surface area contributed by atoms with Gasteiger partial charge in [-0.2, -0.15) is 0 Å². The molecule has 106 valence electrons. The summed E-state index contributed by atoms with van der Waals surface area (Å²) in [6, 6.07) is 4.81. The van der Waals surface area contributed by atoms with Crippen LogP contribution in [0.1, 0.15) is 19.8 Å². The molecule has 2 N–H and O–H groups in total. The summed E-state index contributed by atoms with van der Waals surface area (Å²) >= 11 is 1.63. The first-order valence-electron chi connectivity index (χ1n) is 6.86. The maximum Gasteiger partial charge on any atom is 0.185 e. The highest BCUT2D eigenvalue weighted by molar-refractivity contribution is 7.14. The molecule has 0 saturated carbocycles. The zero-order valence-electron chi connectivity index (χ0n) is 11.4. The molecule has 1 atom stereocenters. The van der Waals surface area contributed by atoms with Crippen molar-refractivity contribution in [1.82, 2.24) is 4.98 Å². The quantitative estimate of drug-likeness (QED) is 0.832. The number of anilines is 1. The summed E-state index contributed by atoms with van der Waals surface area (Å²) in [5.74, 6) is 0.506. The summed E-state index contributed by atoms with van der Waals surface area (Å²) in [6.45, 7) is 4.41. The minimum absolute atomic E-state index is 0.103. The Labute approximate surface area is 122 Å². The number of phenolic OH excluding ortho intramolecular Hbond substituents is 2. The van der Waals surface area contributed by atoms with Crippen LogP contribution in [-0.4, -0.2) is 28.3 Å². The highest BCUT2D eigenvalue weighted by atomic mass is 32.1. The summed E-state index contributed by atoms with van der Waals surface area (Å²) in [4.78, 5) is 7.00. The Balaban J connectivity index is 1.84. The molecule has 0 amide bonds. The minimum atomic E-state index is -0.108. The van der Waals surface area contributed by atoms with E-state index in [4.69, 9.17) is 0 Å². The van der Waals surface area contributed by atoms with Crippen LogP contribution in [0, 0.1) is 5.92 Å². The number of hydrogen-bond acceptors (Lipinski definition) is 5. The van der Waals surface area contributed by atoms with Crippen LogP contribution < -0.4 is 4.90 Å². The zero-order chi connectivity index (χ0) is 14.1. The number of thiazole rings is 1. The predicted octanol–water partition coefficient (Wildman–Crippen LogP) is 3.46. The third-order valence-electron chi connectivity index (χ3n) is 3.69. The van der Waals surface area contributed by atoms with Crippen LogP contribution in [0.4, 0.5) is 5.13 Å². The summed E-state index contributed by atoms with van der Waals surface area (Å²) in [5.41, 5.74) is 1.67. The Morgan fingerprint density at radius 3 is 2.90 bits per heavy atom. The molecule has 0 radical (unpaired) electrons. The molecule has 2 heterocycles. The van der Waals surface area contributed by atoms with E-state index in [1.54, 1.807) is 23.5 Å². The maximum absolute atomic E-state index is 9.57. The van der Waals surface area contributed by atoms with E-state index >= 15 is 0 Å². The monoisotopic (exact) mass is 290 g/mol. The van der Waals surface area contributed by atoms with Crippen LogP contribution in [0.5, 0.6) is 11.5 Å². The molecule has 1 aromatic carbocycles. The van der Waals surface area contributed by atoms with Gasteiger partial charge in [-0.1, -0.05) is 6.92 Å². The van der Waals surface area contributed by atoms with Gasteiger partial charge in [0.15, 0.2) is 16.6 Å². The van der Waals surface area contributed by atoms with Crippen molar-refractivity contribution in [2.24, 2.45) is 5.92 Å². The van der Waals surface area contributed by atoms with Gasteiger partial charge in [-0.3, -0.25) is 0 Å². The lowest BCUT2D eigenvalue weighted by Gasteiger charge is -2.30. The number of rotatable bonds is 2. The third-order valence-corrected chi connectivity index (χ3v) is 4.59. The summed E-state index contributed by atoms with van der Waals surface area (Å²) in [6.07, 6.45) is 2.51. The first kappa shape index (κ1) is 13.2. The van der Waals surface area contributed by atoms with Gasteiger partial charge >= 0.3 is 0 Å². The molecule has 1 fully saturated rings. The number of nitrogens with zero attached hydrogens (tertiary/aromatic N) is 2. The van der Waals surface area contributed by atoms with Gasteiger partial charge in [0.1, 0.15) is 0 Å². The van der Waals surface area contributed by atoms with Crippen LogP contribution in [0.2, 0.25) is 0 Å². The van der Waals surface area contributed by atoms with Crippen LogP contribution in [0.15, 0.2) is 23.6 Å². The lowest BCUT2D eigenvalue weighted by atomic mass is 10.0. The number of piperidine rings is 1. The second-order valence-electron chi connectivity index (χ2n) is 5.41. The van der Waals surface area contributed by atoms with E-state index < -0.39 is 0 Å². The molecular formula is C15H18N2O2S. The first-order valence-corrected chi connectivity index (χ1v) is 7.74. The third kappa shape index (κ3) is 2.58. The molecule has 4 nitrogen and oxygen atoms in total. The second kappa shape index (κ2) is 5.32. The lowest BCUT2D eigenvalue weighted by Crippen LogP contribution is -2.34. The molecule has 1 saturated heterocycles. The van der Waals surface area contributed by atoms with E-state index in [9.17, 15) is 10.2 Å². The molecule has 1 aliphatic heterocycles. The van der Waals surface area contributed by atoms with E-state index in [-0.39, 0.29) is 11.5 Å². The fourth-order valence-corrected chi connectivity index (χ4v) is 3.46. The standard InChI is InChI=1S/C15H18N2O2S/c1-10-3-2-6-17(8-10)15-16-12(9-20-15)11-4-5-13(18)14(19)7-11/h4-5,7,9-10,18-19H,2-3,6,8H2,1H3/t10-/m0/s1. The van der Waals surface area contributed by atoms with E-state index in [0.717, 1.165) is 29.5 Å². The number of phenols is 2. The Bertz CT molecular complexity index is 612. The van der Waals surface area contributed by atoms with Gasteiger partial charge in [0, 0.05) is 24.0 Å². The van der Waals surface area contributed by atoms with Crippen LogP contribution >= 0.6 is 11.3 Å². The van der Waals surface area contributed by atoms with Gasteiger partial charge in [0.05, 0.1) is 5.69 Å². The summed E-state index contributed by atoms with van der Waals surface area (Å²) < 4.78 is 0. The molecule has 0 aliphatic carbocycles. The minimum Gasteiger partial charge on any atom is -0.504 e. The average molecular weight is 290 g/mol. The molecular weight excluding hydrogens is 272 g/mol. The van der Waals surface area contributed by atoms with Crippen molar-refractivity contribution >= 4 is 16.5 Å². The number of benzene rings is 1. The molecule has 3 rings (SSSR count). The van der Waals surface area contributed by atoms with Crippen molar-refractivity contribution < 1.29 is 10.2 Å². The number of hydrogen-bond donors (Lipinski definition) is 2. The Kier molecular flexibility index (Phi) is 3.53. The molecule has 0 bridgehead atoms. The van der Waals surface area contributed by atoms with Crippen molar-refractivity contribution in [3.8, 4) is 22.8 Å². The Morgan fingerprint density at radius 2 is 2.15 bits per heavy atom. The second-order valence-corrected chi connectivity index (χ2v) is 6.25. The van der Waals surface area contributed by atoms with Gasteiger partial charge in [0.25, 0.3) is 0 Å². The van der Waals surface area contributed by atoms with Crippen molar-refractivity contribution in [2.45, 2.75) is 19.8 Å². The lowest BCUT2D eigenvalue weighted by molar-refractivity contribution is 0.404. The fraction of sp³-hybridized carbons (Fsp3) is 0.400. The Hall–Kier alpha value is -1.75. The van der Waals surface area contributed by atoms with Crippen molar-refractivity contribution in [3.05, 3.63) is 23.6 Å².